The van der Waals surface area contributed by atoms with Gasteiger partial charge in [-0.15, -0.1) is 0 Å². The summed E-state index contributed by atoms with van der Waals surface area (Å²) in [6, 6.07) is 8.01. The summed E-state index contributed by atoms with van der Waals surface area (Å²) in [4.78, 5) is 29.0. The van der Waals surface area contributed by atoms with Gasteiger partial charge in [0, 0.05) is 49.4 Å². The van der Waals surface area contributed by atoms with Crippen LogP contribution in [-0.2, 0) is 9.53 Å². The topological polar surface area (TPSA) is 110 Å². The van der Waals surface area contributed by atoms with Gasteiger partial charge in [-0.25, -0.2) is 14.7 Å². The Hall–Kier alpha value is -3.70. The highest BCUT2D eigenvalue weighted by Gasteiger charge is 2.43. The standard InChI is InChI=1S/C19H16F3N5O4/c20-19(21,22)18(29)31-17(28)15-16(25-26-24-15)30-14-4-7-27(8-5-14)13-2-1-12-10-23-6-3-11(12)9-13/h1-3,6,9-10,14H,4-5,7-8H2,(H,24,25,26). The Morgan fingerprint density at radius 1 is 1.13 bits per heavy atom. The van der Waals surface area contributed by atoms with E-state index in [0.29, 0.717) is 25.9 Å². The van der Waals surface area contributed by atoms with E-state index in [-0.39, 0.29) is 12.0 Å². The molecule has 0 saturated carbocycles. The number of benzene rings is 1. The second-order valence-corrected chi connectivity index (χ2v) is 6.88. The number of carbonyl (C=O) groups is 2. The Balaban J connectivity index is 1.37. The monoisotopic (exact) mass is 435 g/mol. The zero-order chi connectivity index (χ0) is 22.0. The van der Waals surface area contributed by atoms with Crippen molar-refractivity contribution < 1.29 is 32.2 Å². The number of ether oxygens (including phenoxy) is 2. The molecule has 1 aromatic carbocycles. The Kier molecular flexibility index (Phi) is 5.44. The van der Waals surface area contributed by atoms with E-state index in [4.69, 9.17) is 4.74 Å². The second kappa shape index (κ2) is 8.20. The summed E-state index contributed by atoms with van der Waals surface area (Å²) in [5.74, 6) is -4.50. The van der Waals surface area contributed by atoms with Gasteiger partial charge in [-0.3, -0.25) is 4.98 Å². The fourth-order valence-electron chi connectivity index (χ4n) is 3.28. The number of anilines is 1. The zero-order valence-electron chi connectivity index (χ0n) is 15.9. The molecule has 31 heavy (non-hydrogen) atoms. The van der Waals surface area contributed by atoms with Crippen molar-refractivity contribution in [3.05, 3.63) is 42.4 Å². The van der Waals surface area contributed by atoms with Crippen LogP contribution in [0.15, 0.2) is 36.7 Å². The maximum atomic E-state index is 12.3. The van der Waals surface area contributed by atoms with Crippen LogP contribution in [0.25, 0.3) is 10.8 Å². The molecule has 0 spiro atoms. The van der Waals surface area contributed by atoms with Crippen molar-refractivity contribution in [3.8, 4) is 5.88 Å². The lowest BCUT2D eigenvalue weighted by molar-refractivity contribution is -0.193. The Morgan fingerprint density at radius 2 is 1.90 bits per heavy atom. The van der Waals surface area contributed by atoms with Crippen LogP contribution < -0.4 is 9.64 Å². The summed E-state index contributed by atoms with van der Waals surface area (Å²) in [5, 5.41) is 11.2. The average molecular weight is 435 g/mol. The summed E-state index contributed by atoms with van der Waals surface area (Å²) in [7, 11) is 0. The van der Waals surface area contributed by atoms with E-state index >= 15 is 0 Å². The van der Waals surface area contributed by atoms with E-state index in [1.165, 1.54) is 0 Å². The minimum absolute atomic E-state index is 0.309. The van der Waals surface area contributed by atoms with Crippen molar-refractivity contribution in [1.29, 1.82) is 0 Å². The highest BCUT2D eigenvalue weighted by atomic mass is 19.4. The van der Waals surface area contributed by atoms with Crippen molar-refractivity contribution in [2.75, 3.05) is 18.0 Å². The number of nitrogens with one attached hydrogen (secondary N) is 1. The molecule has 0 radical (unpaired) electrons. The number of hydrogen-bond donors (Lipinski definition) is 1. The molecule has 3 heterocycles. The predicted molar refractivity (Wildman–Crippen MR) is 100 cm³/mol. The third-order valence-corrected chi connectivity index (χ3v) is 4.85. The van der Waals surface area contributed by atoms with Gasteiger partial charge in [0.25, 0.3) is 5.88 Å². The van der Waals surface area contributed by atoms with Gasteiger partial charge in [0.15, 0.2) is 0 Å². The number of aromatic amines is 1. The van der Waals surface area contributed by atoms with Crippen LogP contribution in [0.1, 0.15) is 23.3 Å². The number of halogens is 3. The lowest BCUT2D eigenvalue weighted by atomic mass is 10.1. The summed E-state index contributed by atoms with van der Waals surface area (Å²) in [6.07, 6.45) is -0.947. The van der Waals surface area contributed by atoms with Crippen molar-refractivity contribution in [2.45, 2.75) is 25.1 Å². The molecule has 0 atom stereocenters. The first-order valence-corrected chi connectivity index (χ1v) is 9.31. The predicted octanol–water partition coefficient (Wildman–Crippen LogP) is 2.65. The number of rotatable bonds is 4. The molecule has 1 aliphatic rings. The molecular weight excluding hydrogens is 419 g/mol. The highest BCUT2D eigenvalue weighted by Crippen LogP contribution is 2.27. The first kappa shape index (κ1) is 20.6. The summed E-state index contributed by atoms with van der Waals surface area (Å²) in [5.41, 5.74) is 0.497. The fraction of sp³-hybridized carbons (Fsp3) is 0.316. The number of esters is 2. The second-order valence-electron chi connectivity index (χ2n) is 6.88. The summed E-state index contributed by atoms with van der Waals surface area (Å²) in [6.45, 7) is 1.32. The molecule has 4 rings (SSSR count). The number of aromatic nitrogens is 4. The van der Waals surface area contributed by atoms with Crippen molar-refractivity contribution >= 4 is 28.4 Å². The molecule has 0 aliphatic carbocycles. The van der Waals surface area contributed by atoms with E-state index in [1.807, 2.05) is 18.2 Å². The van der Waals surface area contributed by atoms with Crippen LogP contribution in [0.4, 0.5) is 18.9 Å². The Bertz CT molecular complexity index is 1110. The first-order valence-electron chi connectivity index (χ1n) is 9.31. The van der Waals surface area contributed by atoms with Crippen molar-refractivity contribution in [2.24, 2.45) is 0 Å². The molecule has 1 fully saturated rings. The number of pyridine rings is 1. The Morgan fingerprint density at radius 3 is 2.65 bits per heavy atom. The van der Waals surface area contributed by atoms with Gasteiger partial charge in [-0.1, -0.05) is 16.4 Å². The van der Waals surface area contributed by atoms with Crippen molar-refractivity contribution in [1.82, 2.24) is 20.4 Å². The van der Waals surface area contributed by atoms with Crippen LogP contribution in [0.3, 0.4) is 0 Å². The lowest BCUT2D eigenvalue weighted by Gasteiger charge is -2.33. The van der Waals surface area contributed by atoms with Crippen molar-refractivity contribution in [3.63, 3.8) is 0 Å². The molecule has 2 aromatic heterocycles. The molecule has 1 saturated heterocycles. The molecule has 12 heteroatoms. The van der Waals surface area contributed by atoms with E-state index in [1.54, 1.807) is 12.4 Å². The maximum absolute atomic E-state index is 12.3. The molecule has 162 valence electrons. The maximum Gasteiger partial charge on any atom is 0.491 e. The molecule has 0 amide bonds. The molecular formula is C19H16F3N5O4. The SMILES string of the molecule is O=C(OC(=O)C(F)(F)F)c1[nH]nnc1OC1CCN(c2ccc3cnccc3c2)CC1. The smallest absolute Gasteiger partial charge is 0.471 e. The minimum Gasteiger partial charge on any atom is -0.471 e. The fourth-order valence-corrected chi connectivity index (χ4v) is 3.28. The van der Waals surface area contributed by atoms with Crippen LogP contribution >= 0.6 is 0 Å². The lowest BCUT2D eigenvalue weighted by Crippen LogP contribution is -2.38. The molecule has 0 unspecified atom stereocenters. The number of piperidine rings is 1. The number of hydrogen-bond acceptors (Lipinski definition) is 8. The molecule has 9 nitrogen and oxygen atoms in total. The van der Waals surface area contributed by atoms with Crippen LogP contribution in [0, 0.1) is 0 Å². The van der Waals surface area contributed by atoms with E-state index in [9.17, 15) is 22.8 Å². The zero-order valence-corrected chi connectivity index (χ0v) is 15.9. The largest absolute Gasteiger partial charge is 0.491 e. The van der Waals surface area contributed by atoms with Gasteiger partial charge in [-0.05, 0) is 23.6 Å². The number of nitrogens with zero attached hydrogens (tertiary/aromatic N) is 4. The minimum atomic E-state index is -5.30. The van der Waals surface area contributed by atoms with E-state index in [0.717, 1.165) is 16.5 Å². The number of H-pyrrole nitrogens is 1. The van der Waals surface area contributed by atoms with Gasteiger partial charge >= 0.3 is 18.1 Å². The molecule has 1 aliphatic heterocycles. The van der Waals surface area contributed by atoms with Crippen LogP contribution in [0.2, 0.25) is 0 Å². The van der Waals surface area contributed by atoms with Gasteiger partial charge in [0.2, 0.25) is 5.69 Å². The third kappa shape index (κ3) is 4.57. The quantitative estimate of drug-likeness (QED) is 0.492. The van der Waals surface area contributed by atoms with Gasteiger partial charge in [0.05, 0.1) is 0 Å². The van der Waals surface area contributed by atoms with Gasteiger partial charge < -0.3 is 14.4 Å². The third-order valence-electron chi connectivity index (χ3n) is 4.85. The number of fused-ring (bicyclic) bond motifs is 1. The summed E-state index contributed by atoms with van der Waals surface area (Å²) >= 11 is 0. The number of alkyl halides is 3. The molecule has 1 N–H and O–H groups in total. The normalized spacial score (nSPS) is 15.1. The molecule has 0 bridgehead atoms. The van der Waals surface area contributed by atoms with Gasteiger partial charge in [0.1, 0.15) is 6.10 Å². The number of carbonyl (C=O) groups excluding carboxylic acids is 2. The molecule has 3 aromatic rings. The van der Waals surface area contributed by atoms with E-state index in [2.05, 4.69) is 36.1 Å². The van der Waals surface area contributed by atoms with Crippen LogP contribution in [0.5, 0.6) is 5.88 Å². The first-order chi connectivity index (χ1) is 14.8. The summed E-state index contributed by atoms with van der Waals surface area (Å²) < 4.78 is 46.3. The highest BCUT2D eigenvalue weighted by molar-refractivity contribution is 5.98. The average Bonchev–Trinajstić information content (AvgIpc) is 3.21. The van der Waals surface area contributed by atoms with E-state index < -0.39 is 23.8 Å². The Labute approximate surface area is 173 Å². The van der Waals surface area contributed by atoms with Gasteiger partial charge in [-0.2, -0.15) is 13.2 Å². The van der Waals surface area contributed by atoms with Crippen LogP contribution in [-0.4, -0.2) is 57.7 Å².